The van der Waals surface area contributed by atoms with E-state index in [2.05, 4.69) is 36.2 Å². The molecule has 1 aliphatic rings. The van der Waals surface area contributed by atoms with Crippen molar-refractivity contribution >= 4 is 24.0 Å². The third-order valence-electron chi connectivity index (χ3n) is 3.42. The van der Waals surface area contributed by atoms with Gasteiger partial charge in [0.2, 0.25) is 0 Å². The van der Waals surface area contributed by atoms with Crippen LogP contribution in [0.1, 0.15) is 25.5 Å². The molecule has 0 amide bonds. The van der Waals surface area contributed by atoms with E-state index in [4.69, 9.17) is 16.3 Å². The first-order valence-corrected chi connectivity index (χ1v) is 7.36. The normalized spacial score (nSPS) is 19.9. The van der Waals surface area contributed by atoms with Gasteiger partial charge in [-0.05, 0) is 31.5 Å². The minimum atomic E-state index is 0. The molecule has 0 spiro atoms. The Bertz CT molecular complexity index is 401. The molecule has 20 heavy (non-hydrogen) atoms. The molecule has 1 aromatic rings. The van der Waals surface area contributed by atoms with Gasteiger partial charge in [-0.25, -0.2) is 0 Å². The molecule has 0 radical (unpaired) electrons. The Kier molecular flexibility index (Phi) is 7.85. The van der Waals surface area contributed by atoms with Crippen molar-refractivity contribution in [2.75, 3.05) is 32.8 Å². The van der Waals surface area contributed by atoms with E-state index >= 15 is 0 Å². The molecule has 1 N–H and O–H groups in total. The maximum absolute atomic E-state index is 6.09. The zero-order valence-corrected chi connectivity index (χ0v) is 13.7. The summed E-state index contributed by atoms with van der Waals surface area (Å²) in [6.45, 7) is 8.98. The molecule has 0 saturated carbocycles. The molecular weight excluding hydrogens is 295 g/mol. The summed E-state index contributed by atoms with van der Waals surface area (Å²) in [5.74, 6) is 0. The first-order valence-electron chi connectivity index (χ1n) is 6.98. The Labute approximate surface area is 133 Å². The molecule has 1 unspecified atom stereocenters. The van der Waals surface area contributed by atoms with Crippen molar-refractivity contribution < 1.29 is 4.74 Å². The summed E-state index contributed by atoms with van der Waals surface area (Å²) >= 11 is 6.09. The van der Waals surface area contributed by atoms with Gasteiger partial charge in [0.05, 0.1) is 12.7 Å². The lowest BCUT2D eigenvalue weighted by Gasteiger charge is -2.36. The van der Waals surface area contributed by atoms with Crippen LogP contribution in [0, 0.1) is 0 Å². The fraction of sp³-hybridized carbons (Fsp3) is 0.600. The highest BCUT2D eigenvalue weighted by atomic mass is 35.5. The van der Waals surface area contributed by atoms with Crippen molar-refractivity contribution in [1.29, 1.82) is 0 Å². The van der Waals surface area contributed by atoms with Gasteiger partial charge >= 0.3 is 0 Å². The van der Waals surface area contributed by atoms with Crippen LogP contribution in [0.4, 0.5) is 0 Å². The van der Waals surface area contributed by atoms with E-state index in [1.807, 2.05) is 12.1 Å². The number of hydrogen-bond donors (Lipinski definition) is 1. The predicted octanol–water partition coefficient (Wildman–Crippen LogP) is 3.13. The molecule has 1 aliphatic heterocycles. The number of nitrogens with zero attached hydrogens (tertiary/aromatic N) is 1. The molecule has 2 rings (SSSR count). The molecule has 1 atom stereocenters. The Morgan fingerprint density at radius 2 is 2.25 bits per heavy atom. The van der Waals surface area contributed by atoms with Gasteiger partial charge in [-0.2, -0.15) is 0 Å². The highest BCUT2D eigenvalue weighted by Gasteiger charge is 2.23. The standard InChI is InChI=1S/C15H23ClN2O.ClH/c1-12(2)19-9-8-18-7-6-17-11-15(18)13-4-3-5-14(16)10-13;/h3-5,10,12,15,17H,6-9,11H2,1-2H3;1H. The largest absolute Gasteiger partial charge is 0.377 e. The second kappa shape index (κ2) is 8.85. The molecule has 0 aliphatic carbocycles. The highest BCUT2D eigenvalue weighted by Crippen LogP contribution is 2.24. The molecule has 114 valence electrons. The number of ether oxygens (including phenoxy) is 1. The molecule has 0 aromatic heterocycles. The summed E-state index contributed by atoms with van der Waals surface area (Å²) in [6, 6.07) is 8.56. The maximum atomic E-state index is 6.09. The summed E-state index contributed by atoms with van der Waals surface area (Å²) in [4.78, 5) is 2.48. The van der Waals surface area contributed by atoms with E-state index in [1.54, 1.807) is 0 Å². The summed E-state index contributed by atoms with van der Waals surface area (Å²) in [6.07, 6.45) is 0.299. The maximum Gasteiger partial charge on any atom is 0.0597 e. The van der Waals surface area contributed by atoms with Crippen molar-refractivity contribution in [2.24, 2.45) is 0 Å². The van der Waals surface area contributed by atoms with Crippen LogP contribution in [0.25, 0.3) is 0 Å². The fourth-order valence-electron chi connectivity index (χ4n) is 2.46. The van der Waals surface area contributed by atoms with Crippen molar-refractivity contribution in [3.63, 3.8) is 0 Å². The van der Waals surface area contributed by atoms with Gasteiger partial charge in [-0.1, -0.05) is 23.7 Å². The van der Waals surface area contributed by atoms with Crippen molar-refractivity contribution in [1.82, 2.24) is 10.2 Å². The van der Waals surface area contributed by atoms with Gasteiger partial charge < -0.3 is 10.1 Å². The molecule has 1 fully saturated rings. The second-order valence-electron chi connectivity index (χ2n) is 5.23. The SMILES string of the molecule is CC(C)OCCN1CCNCC1c1cccc(Cl)c1.Cl. The van der Waals surface area contributed by atoms with Gasteiger partial charge in [0.25, 0.3) is 0 Å². The summed E-state index contributed by atoms with van der Waals surface area (Å²) in [5, 5.41) is 4.26. The predicted molar refractivity (Wildman–Crippen MR) is 87.0 cm³/mol. The summed E-state index contributed by atoms with van der Waals surface area (Å²) in [5.41, 5.74) is 1.28. The molecule has 1 heterocycles. The average molecular weight is 319 g/mol. The van der Waals surface area contributed by atoms with Crippen molar-refractivity contribution in [2.45, 2.75) is 26.0 Å². The summed E-state index contributed by atoms with van der Waals surface area (Å²) in [7, 11) is 0. The van der Waals surface area contributed by atoms with Crippen LogP contribution in [0.5, 0.6) is 0 Å². The van der Waals surface area contributed by atoms with Crippen LogP contribution in [-0.2, 0) is 4.74 Å². The molecule has 5 heteroatoms. The number of piperazine rings is 1. The lowest BCUT2D eigenvalue weighted by molar-refractivity contribution is 0.0430. The van der Waals surface area contributed by atoms with E-state index < -0.39 is 0 Å². The molecular formula is C15H24Cl2N2O. The Morgan fingerprint density at radius 1 is 1.45 bits per heavy atom. The first-order chi connectivity index (χ1) is 9.16. The monoisotopic (exact) mass is 318 g/mol. The number of halogens is 2. The molecule has 3 nitrogen and oxygen atoms in total. The van der Waals surface area contributed by atoms with E-state index in [0.29, 0.717) is 12.1 Å². The summed E-state index contributed by atoms with van der Waals surface area (Å²) < 4.78 is 5.66. The van der Waals surface area contributed by atoms with Gasteiger partial charge in [0.15, 0.2) is 0 Å². The van der Waals surface area contributed by atoms with Crippen LogP contribution in [0.3, 0.4) is 0 Å². The number of nitrogens with one attached hydrogen (secondary N) is 1. The minimum Gasteiger partial charge on any atom is -0.377 e. The van der Waals surface area contributed by atoms with Gasteiger partial charge in [-0.15, -0.1) is 12.4 Å². The molecule has 0 bridgehead atoms. The van der Waals surface area contributed by atoms with E-state index in [1.165, 1.54) is 5.56 Å². The van der Waals surface area contributed by atoms with Crippen LogP contribution in [0.15, 0.2) is 24.3 Å². The lowest BCUT2D eigenvalue weighted by Crippen LogP contribution is -2.47. The topological polar surface area (TPSA) is 24.5 Å². The lowest BCUT2D eigenvalue weighted by atomic mass is 10.0. The molecule has 1 aromatic carbocycles. The number of hydrogen-bond acceptors (Lipinski definition) is 3. The quantitative estimate of drug-likeness (QED) is 0.902. The highest BCUT2D eigenvalue weighted by molar-refractivity contribution is 6.30. The average Bonchev–Trinajstić information content (AvgIpc) is 2.39. The minimum absolute atomic E-state index is 0. The van der Waals surface area contributed by atoms with Crippen molar-refractivity contribution in [3.05, 3.63) is 34.9 Å². The Hall–Kier alpha value is -0.320. The second-order valence-corrected chi connectivity index (χ2v) is 5.67. The fourth-order valence-corrected chi connectivity index (χ4v) is 2.66. The van der Waals surface area contributed by atoms with E-state index in [-0.39, 0.29) is 12.4 Å². The van der Waals surface area contributed by atoms with E-state index in [9.17, 15) is 0 Å². The van der Waals surface area contributed by atoms with Gasteiger partial charge in [-0.3, -0.25) is 4.90 Å². The van der Waals surface area contributed by atoms with Crippen LogP contribution in [-0.4, -0.2) is 43.8 Å². The van der Waals surface area contributed by atoms with Crippen LogP contribution >= 0.6 is 24.0 Å². The number of benzene rings is 1. The van der Waals surface area contributed by atoms with E-state index in [0.717, 1.165) is 37.8 Å². The van der Waals surface area contributed by atoms with Crippen molar-refractivity contribution in [3.8, 4) is 0 Å². The first kappa shape index (κ1) is 17.7. The smallest absolute Gasteiger partial charge is 0.0597 e. The van der Waals surface area contributed by atoms with Gasteiger partial charge in [0.1, 0.15) is 0 Å². The van der Waals surface area contributed by atoms with Crippen LogP contribution in [0.2, 0.25) is 5.02 Å². The zero-order chi connectivity index (χ0) is 13.7. The third kappa shape index (κ3) is 5.23. The molecule has 1 saturated heterocycles. The Balaban J connectivity index is 0.00000200. The van der Waals surface area contributed by atoms with Crippen LogP contribution < -0.4 is 5.32 Å². The number of rotatable bonds is 5. The Morgan fingerprint density at radius 3 is 2.95 bits per heavy atom. The third-order valence-corrected chi connectivity index (χ3v) is 3.65. The zero-order valence-electron chi connectivity index (χ0n) is 12.1. The van der Waals surface area contributed by atoms with Gasteiger partial charge in [0, 0.05) is 37.2 Å².